The summed E-state index contributed by atoms with van der Waals surface area (Å²) in [5.41, 5.74) is 13.9. The van der Waals surface area contributed by atoms with Crippen molar-refractivity contribution in [2.75, 3.05) is 26.2 Å². The number of ether oxygens (including phenoxy) is 2. The van der Waals surface area contributed by atoms with Gasteiger partial charge in [0.1, 0.15) is 12.2 Å². The number of carbonyl (C=O) groups excluding carboxylic acids is 4. The number of nitrogens with one attached hydrogen (secondary N) is 2. The van der Waals surface area contributed by atoms with Gasteiger partial charge in [-0.2, -0.15) is 0 Å². The molecule has 8 saturated carbocycles. The van der Waals surface area contributed by atoms with Crippen LogP contribution in [0.2, 0.25) is 0 Å². The highest BCUT2D eigenvalue weighted by molar-refractivity contribution is 5.85. The van der Waals surface area contributed by atoms with Gasteiger partial charge in [0.05, 0.1) is 10.8 Å². The fourth-order valence-corrected chi connectivity index (χ4v) is 25.0. The maximum Gasteiger partial charge on any atom is 0.302 e. The molecule has 10 aliphatic rings. The van der Waals surface area contributed by atoms with E-state index in [2.05, 4.69) is 143 Å². The lowest BCUT2D eigenvalue weighted by Gasteiger charge is -2.72. The molecule has 0 heterocycles. The van der Waals surface area contributed by atoms with Gasteiger partial charge in [-0.25, -0.2) is 0 Å². The molecule has 0 aliphatic heterocycles. The molecule has 10 nitrogen and oxygen atoms in total. The van der Waals surface area contributed by atoms with E-state index in [9.17, 15) is 19.2 Å². The van der Waals surface area contributed by atoms with Crippen molar-refractivity contribution < 1.29 is 28.7 Å². The molecule has 10 heteroatoms. The maximum atomic E-state index is 14.6. The second-order valence-corrected chi connectivity index (χ2v) is 35.9. The molecule has 0 aromatic heterocycles. The van der Waals surface area contributed by atoms with E-state index in [1.165, 1.54) is 0 Å². The average molecular weight is 1210 g/mol. The van der Waals surface area contributed by atoms with Gasteiger partial charge < -0.3 is 31.6 Å². The predicted octanol–water partition coefficient (Wildman–Crippen LogP) is 15.4. The Labute approximate surface area is 534 Å². The Hall–Kier alpha value is -3.60. The van der Waals surface area contributed by atoms with Crippen LogP contribution in [0.4, 0.5) is 0 Å². The van der Waals surface area contributed by atoms with Crippen molar-refractivity contribution in [3.63, 3.8) is 0 Å². The van der Waals surface area contributed by atoms with E-state index < -0.39 is 0 Å². The van der Waals surface area contributed by atoms with Crippen molar-refractivity contribution in [1.29, 1.82) is 0 Å². The number of nitrogens with two attached hydrogens (primary N) is 2. The molecule has 88 heavy (non-hydrogen) atoms. The second kappa shape index (κ2) is 23.8. The molecular formula is C78H122N4O6. The van der Waals surface area contributed by atoms with Crippen LogP contribution in [0.3, 0.4) is 0 Å². The number of esters is 2. The lowest BCUT2D eigenvalue weighted by molar-refractivity contribution is -0.227. The van der Waals surface area contributed by atoms with Gasteiger partial charge in [0.2, 0.25) is 11.8 Å². The molecule has 0 unspecified atom stereocenters. The van der Waals surface area contributed by atoms with Crippen molar-refractivity contribution >= 4 is 23.8 Å². The summed E-state index contributed by atoms with van der Waals surface area (Å²) in [5.74, 6) is 16.2. The maximum absolute atomic E-state index is 14.6. The van der Waals surface area contributed by atoms with Crippen LogP contribution in [-0.4, -0.2) is 62.1 Å². The summed E-state index contributed by atoms with van der Waals surface area (Å²) in [6, 6.07) is 0. The van der Waals surface area contributed by atoms with Crippen molar-refractivity contribution in [1.82, 2.24) is 10.6 Å². The van der Waals surface area contributed by atoms with Crippen LogP contribution < -0.4 is 22.1 Å². The Kier molecular flexibility index (Phi) is 18.2. The zero-order chi connectivity index (χ0) is 64.1. The van der Waals surface area contributed by atoms with E-state index in [0.717, 1.165) is 141 Å². The first-order valence-corrected chi connectivity index (χ1v) is 35.8. The molecule has 2 amide bonds. The molecular weight excluding hydrogens is 1090 g/mol. The summed E-state index contributed by atoms with van der Waals surface area (Å²) in [4.78, 5) is 55.5. The summed E-state index contributed by atoms with van der Waals surface area (Å²) in [7, 11) is 0. The van der Waals surface area contributed by atoms with Gasteiger partial charge in [-0.1, -0.05) is 132 Å². The van der Waals surface area contributed by atoms with Crippen LogP contribution in [0, 0.1) is 136 Å². The summed E-state index contributed by atoms with van der Waals surface area (Å²) < 4.78 is 13.0. The van der Waals surface area contributed by atoms with Gasteiger partial charge in [-0.3, -0.25) is 19.2 Å². The number of hydrogen-bond donors (Lipinski definition) is 4. The minimum Gasteiger partial charge on any atom is -0.462 e. The molecule has 6 N–H and O–H groups in total. The predicted molar refractivity (Wildman–Crippen MR) is 354 cm³/mol. The zero-order valence-corrected chi connectivity index (χ0v) is 58.3. The number of amides is 2. The number of allylic oxidation sites excluding steroid dienone is 4. The Morgan fingerprint density at radius 1 is 0.489 bits per heavy atom. The number of hydrogen-bond acceptors (Lipinski definition) is 8. The molecule has 18 atom stereocenters. The van der Waals surface area contributed by atoms with Gasteiger partial charge in [0, 0.05) is 62.4 Å². The van der Waals surface area contributed by atoms with Crippen LogP contribution in [0.5, 0.6) is 0 Å². The molecule has 0 bridgehead atoms. The lowest BCUT2D eigenvalue weighted by Crippen LogP contribution is -2.66. The van der Waals surface area contributed by atoms with Gasteiger partial charge >= 0.3 is 11.9 Å². The van der Waals surface area contributed by atoms with Crippen molar-refractivity contribution in [2.24, 2.45) is 124 Å². The molecule has 0 aromatic rings. The number of fused-ring (bicyclic) bond motifs is 14. The van der Waals surface area contributed by atoms with Crippen LogP contribution >= 0.6 is 0 Å². The first-order chi connectivity index (χ1) is 41.1. The van der Waals surface area contributed by atoms with Gasteiger partial charge in [-0.15, -0.1) is 0 Å². The van der Waals surface area contributed by atoms with Crippen molar-refractivity contribution in [2.45, 2.75) is 277 Å². The molecule has 0 aromatic carbocycles. The Bertz CT molecular complexity index is 2700. The fraction of sp³-hybridized carbons (Fsp3) is 0.846. The van der Waals surface area contributed by atoms with Crippen molar-refractivity contribution in [3.8, 4) is 23.7 Å². The second-order valence-electron chi connectivity index (χ2n) is 35.9. The molecule has 0 saturated heterocycles. The van der Waals surface area contributed by atoms with Gasteiger partial charge in [0.15, 0.2) is 0 Å². The van der Waals surface area contributed by atoms with E-state index in [4.69, 9.17) is 20.9 Å². The third-order valence-corrected chi connectivity index (χ3v) is 29.6. The van der Waals surface area contributed by atoms with E-state index in [1.807, 2.05) is 0 Å². The van der Waals surface area contributed by atoms with Crippen LogP contribution in [-0.2, 0) is 28.7 Å². The number of unbranched alkanes of at least 4 members (excludes halogenated alkanes) is 2. The first kappa shape index (κ1) is 67.3. The first-order valence-electron chi connectivity index (χ1n) is 35.8. The minimum absolute atomic E-state index is 0.0258. The molecule has 0 spiro atoms. The van der Waals surface area contributed by atoms with E-state index in [1.54, 1.807) is 25.0 Å². The van der Waals surface area contributed by atoms with Crippen molar-refractivity contribution in [3.05, 3.63) is 23.3 Å². The normalized spacial score (nSPS) is 43.6. The minimum atomic E-state index is -0.360. The standard InChI is InChI=1S/C78H122N4O6/c1-51(83)87-63-53(47-71(11)59(69(63,7)8)31-33-75(15)61(71)29-27-55-57-49-67(3,4)35-39-77(57,41-37-73(55,75)13)65(85)81-45-23-21-43-79)25-19-17-18-20-26-54-48-72(12)60(70(9,10)64(54)88-52(2)84)32-34-76(16)62(72)30-28-56-58-50-68(5,6)36-40-78(58,42-38-74(56,76)14)66(86)82-46-24-22-44-80/h27-28,53-54,57-64H,21-26,29-50,79-80H2,1-16H3,(H,81,85)(H,82,86)/t53-,54-,57-,58-,59+,60+,61-,62-,63+,64+,71+,72+,73-,74-,75-,76-,77+,78+/m1/s1. The highest BCUT2D eigenvalue weighted by Crippen LogP contribution is 2.79. The monoisotopic (exact) mass is 1210 g/mol. The van der Waals surface area contributed by atoms with Crippen LogP contribution in [0.15, 0.2) is 23.3 Å². The topological polar surface area (TPSA) is 163 Å². The van der Waals surface area contributed by atoms with Gasteiger partial charge in [0.25, 0.3) is 0 Å². The highest BCUT2D eigenvalue weighted by Gasteiger charge is 2.73. The Morgan fingerprint density at radius 2 is 0.852 bits per heavy atom. The average Bonchev–Trinajstić information content (AvgIpc) is 1.14. The molecule has 8 fully saturated rings. The smallest absolute Gasteiger partial charge is 0.302 e. The number of carbonyl (C=O) groups is 4. The van der Waals surface area contributed by atoms with Crippen LogP contribution in [0.1, 0.15) is 265 Å². The lowest BCUT2D eigenvalue weighted by atomic mass is 9.33. The third kappa shape index (κ3) is 10.7. The number of rotatable bonds is 14. The zero-order valence-electron chi connectivity index (χ0n) is 58.3. The molecule has 10 aliphatic carbocycles. The largest absolute Gasteiger partial charge is 0.462 e. The highest BCUT2D eigenvalue weighted by atomic mass is 16.5. The summed E-state index contributed by atoms with van der Waals surface area (Å²) in [6.07, 6.45) is 28.1. The summed E-state index contributed by atoms with van der Waals surface area (Å²) in [6.45, 7) is 40.7. The Morgan fingerprint density at radius 3 is 1.20 bits per heavy atom. The summed E-state index contributed by atoms with van der Waals surface area (Å²) in [5, 5.41) is 6.89. The quantitative estimate of drug-likeness (QED) is 0.0578. The molecule has 10 rings (SSSR count). The SMILES string of the molecule is CC(=O)O[C@H]1[C@H](CC#CC#CC[C@@H]2C[C@]3(C)[C@H]4CC=C5[C@H]6CC(C)(C)CC[C@]6(C(=O)NCCCCN)CC[C@@]5(C)[C@]4(C)CC[C@H]3C(C)(C)[C@H]2OC(C)=O)C[C@]2(C)[C@H]3CC=C4[C@H]5CC(C)(C)CC[C@]5(C(=O)NCCCCN)CC[C@@]4(C)[C@]3(C)CC[C@H]2C1(C)C. The van der Waals surface area contributed by atoms with E-state index >= 15 is 0 Å². The van der Waals surface area contributed by atoms with E-state index in [0.29, 0.717) is 62.7 Å². The van der Waals surface area contributed by atoms with Gasteiger partial charge in [-0.05, 0) is 245 Å². The Balaban J connectivity index is 0.902. The van der Waals surface area contributed by atoms with E-state index in [-0.39, 0.29) is 125 Å². The van der Waals surface area contributed by atoms with Crippen LogP contribution in [0.25, 0.3) is 0 Å². The molecule has 490 valence electrons. The molecule has 0 radical (unpaired) electrons. The summed E-state index contributed by atoms with van der Waals surface area (Å²) >= 11 is 0. The fourth-order valence-electron chi connectivity index (χ4n) is 25.0. The third-order valence-electron chi connectivity index (χ3n) is 29.6.